The van der Waals surface area contributed by atoms with Gasteiger partial charge >= 0.3 is 70.0 Å². The average Bonchev–Trinajstić information content (AvgIpc) is 2.87. The van der Waals surface area contributed by atoms with Crippen LogP contribution in [0.4, 0.5) is 0 Å². The largest absolute Gasteiger partial charge is 3.00 e. The molecule has 20 heteroatoms. The van der Waals surface area contributed by atoms with E-state index in [2.05, 4.69) is 0 Å². The molecule has 18 nitrogen and oxygen atoms in total. The average molecular weight is 700 g/mol. The molecule has 6 N–H and O–H groups in total. The van der Waals surface area contributed by atoms with Crippen LogP contribution in [0.15, 0.2) is 36.4 Å². The van der Waals surface area contributed by atoms with E-state index in [1.165, 1.54) is 0 Å². The van der Waals surface area contributed by atoms with Crippen LogP contribution in [0, 0.1) is 0 Å². The third-order valence-electron chi connectivity index (χ3n) is 4.63. The molecule has 232 valence electrons. The van der Waals surface area contributed by atoms with E-state index in [1.807, 2.05) is 0 Å². The summed E-state index contributed by atoms with van der Waals surface area (Å²) in [6, 6.07) is 3.05. The third kappa shape index (κ3) is 10.3. The molecule has 0 aromatic heterocycles. The fraction of sp³-hybridized carbons (Fsp3) is 0. The number of hydrogen-bond acceptors (Lipinski definition) is 12. The molecule has 0 saturated carbocycles. The van der Waals surface area contributed by atoms with E-state index in [-0.39, 0.29) is 34.1 Å². The smallest absolute Gasteiger partial charge is 0.872 e. The summed E-state index contributed by atoms with van der Waals surface area (Å²) in [5.74, 6) is -15.3. The van der Waals surface area contributed by atoms with Gasteiger partial charge in [-0.3, -0.25) is 0 Å². The standard InChI is InChI=1S/3C8H6O6.2Fe/c3*9-5-1-3(7(11)12)6(10)2-4(5)8(13)14;;/h3*1-2,9-10H,(H,11,12)(H,13,14);;/q;;;2*+3/p-6. The molecule has 0 spiro atoms. The van der Waals surface area contributed by atoms with Gasteiger partial charge in [-0.05, 0) is 0 Å². The topological polar surface area (TPSA) is 362 Å². The Labute approximate surface area is 263 Å². The van der Waals surface area contributed by atoms with Crippen LogP contribution < -0.4 is 30.6 Å². The molecule has 0 aliphatic rings. The molecule has 0 aliphatic heterocycles. The fourth-order valence-electron chi connectivity index (χ4n) is 2.68. The van der Waals surface area contributed by atoms with Crippen molar-refractivity contribution in [2.45, 2.75) is 0 Å². The Kier molecular flexibility index (Phi) is 15.3. The summed E-state index contributed by atoms with van der Waals surface area (Å²) < 4.78 is 0. The fourth-order valence-corrected chi connectivity index (χ4v) is 2.68. The van der Waals surface area contributed by atoms with Gasteiger partial charge in [-0.1, -0.05) is 70.9 Å². The van der Waals surface area contributed by atoms with Crippen molar-refractivity contribution in [1.82, 2.24) is 0 Å². The predicted octanol–water partition coefficient (Wildman–Crippen LogP) is -2.31. The summed E-state index contributed by atoms with van der Waals surface area (Å²) in [4.78, 5) is 62.2. The van der Waals surface area contributed by atoms with Crippen molar-refractivity contribution >= 4 is 35.8 Å². The van der Waals surface area contributed by atoms with E-state index in [1.54, 1.807) is 0 Å². The van der Waals surface area contributed by atoms with Gasteiger partial charge in [0.25, 0.3) is 0 Å². The SMILES string of the molecule is O=C(O)c1cc([O-])c(C(=O)O)cc1[O-].O=C(O)c1cc([O-])c(C(=O)O)cc1[O-].O=C(O)c1cc([O-])c(C(=O)O)cc1[O-].[Fe+3].[Fe+3]. The molecule has 0 aliphatic carbocycles. The second-order valence-corrected chi connectivity index (χ2v) is 7.36. The molecule has 0 heterocycles. The van der Waals surface area contributed by atoms with Gasteiger partial charge in [0.1, 0.15) is 0 Å². The van der Waals surface area contributed by atoms with E-state index >= 15 is 0 Å². The number of carboxylic acids is 6. The van der Waals surface area contributed by atoms with Crippen LogP contribution in [-0.4, -0.2) is 66.5 Å². The van der Waals surface area contributed by atoms with Crippen LogP contribution >= 0.6 is 0 Å². The molecule has 3 aromatic rings. The van der Waals surface area contributed by atoms with Crippen LogP contribution in [0.1, 0.15) is 62.1 Å². The molecule has 0 unspecified atom stereocenters. The maximum atomic E-state index is 11.0. The summed E-state index contributed by atoms with van der Waals surface area (Å²) >= 11 is 0. The first-order chi connectivity index (χ1) is 19.3. The van der Waals surface area contributed by atoms with Crippen molar-refractivity contribution in [3.8, 4) is 34.5 Å². The maximum absolute atomic E-state index is 11.0. The second kappa shape index (κ2) is 16.7. The first kappa shape index (κ1) is 40.5. The molecule has 3 rings (SSSR count). The maximum Gasteiger partial charge on any atom is 3.00 e. The Morgan fingerprint density at radius 2 is 0.409 bits per heavy atom. The number of carbonyl (C=O) groups is 6. The van der Waals surface area contributed by atoms with Gasteiger partial charge in [0.05, 0.1) is 33.4 Å². The van der Waals surface area contributed by atoms with Crippen molar-refractivity contribution < 1.29 is 124 Å². The van der Waals surface area contributed by atoms with Crippen LogP contribution in [-0.2, 0) is 34.1 Å². The van der Waals surface area contributed by atoms with Crippen molar-refractivity contribution in [3.05, 3.63) is 69.8 Å². The van der Waals surface area contributed by atoms with E-state index in [0.717, 1.165) is 0 Å². The molecule has 0 saturated heterocycles. The van der Waals surface area contributed by atoms with Gasteiger partial charge in [0.2, 0.25) is 0 Å². The first-order valence-electron chi connectivity index (χ1n) is 10.3. The van der Waals surface area contributed by atoms with Gasteiger partial charge in [-0.15, -0.1) is 0 Å². The Balaban J connectivity index is 0. The van der Waals surface area contributed by atoms with Crippen molar-refractivity contribution in [3.63, 3.8) is 0 Å². The first-order valence-corrected chi connectivity index (χ1v) is 10.3. The zero-order valence-corrected chi connectivity index (χ0v) is 23.0. The molecule has 3 aromatic carbocycles. The monoisotopic (exact) mass is 700 g/mol. The van der Waals surface area contributed by atoms with Crippen molar-refractivity contribution in [2.24, 2.45) is 0 Å². The van der Waals surface area contributed by atoms with Crippen LogP contribution in [0.5, 0.6) is 34.5 Å². The number of hydrogen-bond donors (Lipinski definition) is 6. The molecule has 0 atom stereocenters. The summed E-state index contributed by atoms with van der Waals surface area (Å²) in [6.07, 6.45) is 0. The molecule has 0 fully saturated rings. The number of benzene rings is 3. The molecule has 2 radical (unpaired) electrons. The summed E-state index contributed by atoms with van der Waals surface area (Å²) in [7, 11) is 0. The molecule has 0 amide bonds. The van der Waals surface area contributed by atoms with E-state index in [4.69, 9.17) is 30.6 Å². The minimum atomic E-state index is -1.55. The van der Waals surface area contributed by atoms with Gasteiger partial charge in [-0.2, -0.15) is 0 Å². The zero-order valence-electron chi connectivity index (χ0n) is 20.8. The van der Waals surface area contributed by atoms with Crippen LogP contribution in [0.3, 0.4) is 0 Å². The predicted molar refractivity (Wildman–Crippen MR) is 118 cm³/mol. The van der Waals surface area contributed by atoms with Crippen LogP contribution in [0.2, 0.25) is 0 Å². The van der Waals surface area contributed by atoms with Crippen molar-refractivity contribution in [2.75, 3.05) is 0 Å². The van der Waals surface area contributed by atoms with E-state index < -0.39 is 104 Å². The van der Waals surface area contributed by atoms with Gasteiger partial charge in [0, 0.05) is 0 Å². The summed E-state index contributed by atoms with van der Waals surface area (Å²) in [5, 5.41) is 116. The number of carboxylic acid groups (broad SMARTS) is 6. The van der Waals surface area contributed by atoms with E-state index in [9.17, 15) is 59.4 Å². The van der Waals surface area contributed by atoms with Crippen LogP contribution in [0.25, 0.3) is 0 Å². The minimum Gasteiger partial charge on any atom is -0.872 e. The Morgan fingerprint density at radius 1 is 0.318 bits per heavy atom. The van der Waals surface area contributed by atoms with Gasteiger partial charge in [0.15, 0.2) is 0 Å². The molecular formula is C24H12Fe2O18. The third-order valence-corrected chi connectivity index (χ3v) is 4.63. The second-order valence-electron chi connectivity index (χ2n) is 7.36. The Hall–Kier alpha value is -5.68. The number of rotatable bonds is 6. The van der Waals surface area contributed by atoms with Gasteiger partial charge in [-0.25, -0.2) is 28.8 Å². The minimum absolute atomic E-state index is 0. The summed E-state index contributed by atoms with van der Waals surface area (Å²) in [6.45, 7) is 0. The molecule has 44 heavy (non-hydrogen) atoms. The molecule has 0 bridgehead atoms. The molecular weight excluding hydrogens is 688 g/mol. The van der Waals surface area contributed by atoms with Gasteiger partial charge < -0.3 is 61.3 Å². The quantitative estimate of drug-likeness (QED) is 0.147. The van der Waals surface area contributed by atoms with Crippen molar-refractivity contribution in [1.29, 1.82) is 0 Å². The zero-order chi connectivity index (χ0) is 32.6. The van der Waals surface area contributed by atoms with E-state index in [0.29, 0.717) is 36.4 Å². The Bertz CT molecular complexity index is 1310. The normalized spacial score (nSPS) is 9.27. The number of aromatic carboxylic acids is 6. The Morgan fingerprint density at radius 3 is 0.477 bits per heavy atom. The summed E-state index contributed by atoms with van der Waals surface area (Å²) in [5.41, 5.74) is -4.33.